The van der Waals surface area contributed by atoms with E-state index < -0.39 is 10.8 Å². The first-order valence-electron chi connectivity index (χ1n) is 12.2. The molecule has 8 heteroatoms. The molecule has 0 spiro atoms. The first kappa shape index (κ1) is 24.7. The molecular weight excluding hydrogens is 494 g/mol. The zero-order valence-corrected chi connectivity index (χ0v) is 21.6. The molecule has 2 aliphatic rings. The minimum Gasteiger partial charge on any atom is -0.350 e. The smallest absolute Gasteiger partial charge is 0.259 e. The number of carbonyl (C=O) groups excluding carboxylic acids is 2. The summed E-state index contributed by atoms with van der Waals surface area (Å²) in [6.45, 7) is 5.00. The Labute approximate surface area is 218 Å². The Hall–Kier alpha value is -3.00. The normalized spacial score (nSPS) is 19.5. The van der Waals surface area contributed by atoms with Crippen molar-refractivity contribution >= 4 is 39.9 Å². The summed E-state index contributed by atoms with van der Waals surface area (Å²) < 4.78 is 13.6. The molecule has 1 N–H and O–H groups in total. The van der Waals surface area contributed by atoms with Crippen molar-refractivity contribution in [2.45, 2.75) is 42.1 Å². The largest absolute Gasteiger partial charge is 0.350 e. The van der Waals surface area contributed by atoms with Crippen LogP contribution in [0.2, 0.25) is 5.02 Å². The maximum absolute atomic E-state index is 13.7. The summed E-state index contributed by atoms with van der Waals surface area (Å²) in [5.74, 6) is -0.457. The minimum absolute atomic E-state index is 0.202. The number of benzene rings is 3. The molecule has 3 aromatic carbocycles. The van der Waals surface area contributed by atoms with Crippen LogP contribution in [0.15, 0.2) is 76.5 Å². The third-order valence-corrected chi connectivity index (χ3v) is 8.68. The average molecular weight is 522 g/mol. The first-order chi connectivity index (χ1) is 17.5. The summed E-state index contributed by atoms with van der Waals surface area (Å²) in [6, 6.07) is 19.7. The summed E-state index contributed by atoms with van der Waals surface area (Å²) in [5.41, 5.74) is 2.19. The number of fused-ring (bicyclic) bond motifs is 2. The van der Waals surface area contributed by atoms with Gasteiger partial charge in [-0.05, 0) is 74.0 Å². The highest BCUT2D eigenvalue weighted by Crippen LogP contribution is 2.36. The van der Waals surface area contributed by atoms with E-state index in [1.54, 1.807) is 59.5 Å². The topological polar surface area (TPSA) is 69.7 Å². The summed E-state index contributed by atoms with van der Waals surface area (Å²) in [6.07, 6.45) is 2.21. The molecule has 2 heterocycles. The third kappa shape index (κ3) is 4.83. The predicted octanol–water partition coefficient (Wildman–Crippen LogP) is 4.88. The van der Waals surface area contributed by atoms with E-state index in [4.69, 9.17) is 11.6 Å². The van der Waals surface area contributed by atoms with Crippen LogP contribution in [-0.4, -0.2) is 46.6 Å². The van der Waals surface area contributed by atoms with E-state index >= 15 is 0 Å². The third-order valence-electron chi connectivity index (χ3n) is 6.93. The van der Waals surface area contributed by atoms with Crippen LogP contribution in [0.5, 0.6) is 0 Å². The molecule has 186 valence electrons. The van der Waals surface area contributed by atoms with Crippen molar-refractivity contribution in [3.05, 3.63) is 88.4 Å². The Kier molecular flexibility index (Phi) is 7.23. The quantitative estimate of drug-likeness (QED) is 0.502. The number of hydrogen-bond acceptors (Lipinski definition) is 4. The standard InChI is InChI=1S/C28H28ClN3O3S/c1-2-31-15-5-6-22(31)17-30-27(33)20-11-14-26-24(16-20)32(18-19-9-12-21(29)13-10-19)28(34)23-7-3-4-8-25(23)36(26)35/h3-4,7-14,16,22H,2,5-6,15,17-18H2,1H3,(H,30,33). The summed E-state index contributed by atoms with van der Waals surface area (Å²) in [7, 11) is -1.57. The Balaban J connectivity index is 1.50. The molecule has 2 unspecified atom stereocenters. The molecule has 0 bridgehead atoms. The van der Waals surface area contributed by atoms with Crippen molar-refractivity contribution in [2.24, 2.45) is 0 Å². The van der Waals surface area contributed by atoms with Gasteiger partial charge in [0.15, 0.2) is 0 Å². The summed E-state index contributed by atoms with van der Waals surface area (Å²) in [4.78, 5) is 31.8. The molecule has 0 aromatic heterocycles. The lowest BCUT2D eigenvalue weighted by atomic mass is 10.1. The Morgan fingerprint density at radius 2 is 1.86 bits per heavy atom. The lowest BCUT2D eigenvalue weighted by Crippen LogP contribution is -2.40. The molecule has 2 aliphatic heterocycles. The van der Waals surface area contributed by atoms with Gasteiger partial charge in [0.25, 0.3) is 11.8 Å². The molecule has 1 fully saturated rings. The van der Waals surface area contributed by atoms with Crippen molar-refractivity contribution in [2.75, 3.05) is 24.5 Å². The van der Waals surface area contributed by atoms with Gasteiger partial charge in [0, 0.05) is 23.2 Å². The van der Waals surface area contributed by atoms with Crippen molar-refractivity contribution in [1.82, 2.24) is 10.2 Å². The molecule has 6 nitrogen and oxygen atoms in total. The average Bonchev–Trinajstić information content (AvgIpc) is 3.35. The highest BCUT2D eigenvalue weighted by Gasteiger charge is 2.32. The molecule has 36 heavy (non-hydrogen) atoms. The predicted molar refractivity (Wildman–Crippen MR) is 142 cm³/mol. The molecule has 1 saturated heterocycles. The van der Waals surface area contributed by atoms with Gasteiger partial charge in [-0.15, -0.1) is 0 Å². The van der Waals surface area contributed by atoms with Crippen LogP contribution in [0.25, 0.3) is 0 Å². The summed E-state index contributed by atoms with van der Waals surface area (Å²) in [5, 5.41) is 3.67. The number of rotatable bonds is 6. The van der Waals surface area contributed by atoms with Gasteiger partial charge in [0.2, 0.25) is 0 Å². The van der Waals surface area contributed by atoms with Gasteiger partial charge in [0.1, 0.15) is 0 Å². The second-order valence-electron chi connectivity index (χ2n) is 9.10. The number of likely N-dealkylation sites (tertiary alicyclic amines) is 1. The molecule has 2 amide bonds. The summed E-state index contributed by atoms with van der Waals surface area (Å²) >= 11 is 6.06. The molecule has 3 aromatic rings. The second-order valence-corrected chi connectivity index (χ2v) is 11.0. The van der Waals surface area contributed by atoms with E-state index in [1.807, 2.05) is 12.1 Å². The van der Waals surface area contributed by atoms with Gasteiger partial charge in [0.05, 0.1) is 38.4 Å². The first-order valence-corrected chi connectivity index (χ1v) is 13.7. The highest BCUT2D eigenvalue weighted by molar-refractivity contribution is 7.85. The van der Waals surface area contributed by atoms with Crippen LogP contribution in [0.3, 0.4) is 0 Å². The van der Waals surface area contributed by atoms with Crippen LogP contribution < -0.4 is 10.2 Å². The number of amides is 2. The van der Waals surface area contributed by atoms with Gasteiger partial charge in [-0.3, -0.25) is 14.5 Å². The van der Waals surface area contributed by atoms with Gasteiger partial charge >= 0.3 is 0 Å². The zero-order valence-electron chi connectivity index (χ0n) is 20.1. The monoisotopic (exact) mass is 521 g/mol. The van der Waals surface area contributed by atoms with Crippen molar-refractivity contribution in [3.63, 3.8) is 0 Å². The Bertz CT molecular complexity index is 1330. The minimum atomic E-state index is -1.57. The van der Waals surface area contributed by atoms with Gasteiger partial charge in [-0.25, -0.2) is 4.21 Å². The van der Waals surface area contributed by atoms with Crippen LogP contribution in [-0.2, 0) is 17.3 Å². The van der Waals surface area contributed by atoms with E-state index in [0.717, 1.165) is 31.5 Å². The molecule has 2 atom stereocenters. The van der Waals surface area contributed by atoms with Crippen LogP contribution >= 0.6 is 11.6 Å². The number of nitrogens with zero attached hydrogens (tertiary/aromatic N) is 2. The van der Waals surface area contributed by atoms with Gasteiger partial charge in [-0.1, -0.05) is 42.8 Å². The van der Waals surface area contributed by atoms with Crippen LogP contribution in [0.1, 0.15) is 46.0 Å². The molecule has 0 saturated carbocycles. The number of carbonyl (C=O) groups is 2. The maximum atomic E-state index is 13.7. The molecule has 0 radical (unpaired) electrons. The zero-order chi connectivity index (χ0) is 25.2. The van der Waals surface area contributed by atoms with Crippen molar-refractivity contribution in [3.8, 4) is 0 Å². The second kappa shape index (κ2) is 10.5. The Morgan fingerprint density at radius 3 is 2.64 bits per heavy atom. The number of anilines is 1. The van der Waals surface area contributed by atoms with Crippen LogP contribution in [0, 0.1) is 0 Å². The van der Waals surface area contributed by atoms with E-state index in [2.05, 4.69) is 17.1 Å². The van der Waals surface area contributed by atoms with Crippen molar-refractivity contribution in [1.29, 1.82) is 0 Å². The fourth-order valence-electron chi connectivity index (χ4n) is 4.99. The van der Waals surface area contributed by atoms with Gasteiger partial charge < -0.3 is 10.2 Å². The maximum Gasteiger partial charge on any atom is 0.259 e. The number of halogens is 1. The number of nitrogens with one attached hydrogen (secondary N) is 1. The van der Waals surface area contributed by atoms with Gasteiger partial charge in [-0.2, -0.15) is 0 Å². The van der Waals surface area contributed by atoms with Crippen LogP contribution in [0.4, 0.5) is 5.69 Å². The van der Waals surface area contributed by atoms with E-state index in [9.17, 15) is 13.8 Å². The van der Waals surface area contributed by atoms with Crippen molar-refractivity contribution < 1.29 is 13.8 Å². The van der Waals surface area contributed by atoms with E-state index in [-0.39, 0.29) is 18.4 Å². The molecule has 5 rings (SSSR count). The molecule has 0 aliphatic carbocycles. The van der Waals surface area contributed by atoms with E-state index in [0.29, 0.717) is 44.2 Å². The van der Waals surface area contributed by atoms with E-state index in [1.165, 1.54) is 0 Å². The highest BCUT2D eigenvalue weighted by atomic mass is 35.5. The Morgan fingerprint density at radius 1 is 1.08 bits per heavy atom. The fraction of sp³-hybridized carbons (Fsp3) is 0.286. The SMILES string of the molecule is CCN1CCCC1CNC(=O)c1ccc2c(c1)N(Cc1ccc(Cl)cc1)C(=O)c1ccccc1S2=O. The lowest BCUT2D eigenvalue weighted by molar-refractivity contribution is 0.0938. The number of hydrogen-bond donors (Lipinski definition) is 1. The fourth-order valence-corrected chi connectivity index (χ4v) is 6.46. The molecular formula is C28H28ClN3O3S. The number of likely N-dealkylation sites (N-methyl/N-ethyl adjacent to an activating group) is 1. The lowest BCUT2D eigenvalue weighted by Gasteiger charge is -2.24.